The highest BCUT2D eigenvalue weighted by Gasteiger charge is 2.20. The maximum atomic E-state index is 13.5. The van der Waals surface area contributed by atoms with Crippen molar-refractivity contribution in [1.82, 2.24) is 0 Å². The van der Waals surface area contributed by atoms with Gasteiger partial charge in [-0.3, -0.25) is 14.9 Å². The van der Waals surface area contributed by atoms with Crippen molar-refractivity contribution in [3.8, 4) is 0 Å². The van der Waals surface area contributed by atoms with Gasteiger partial charge in [-0.1, -0.05) is 11.6 Å². The van der Waals surface area contributed by atoms with E-state index in [9.17, 15) is 19.3 Å². The van der Waals surface area contributed by atoms with Crippen molar-refractivity contribution in [2.75, 3.05) is 7.11 Å². The number of ether oxygens (including phenoxy) is 1. The third-order valence-corrected chi connectivity index (χ3v) is 2.26. The number of halogens is 2. The van der Waals surface area contributed by atoms with E-state index in [0.29, 0.717) is 0 Å². The lowest BCUT2D eigenvalue weighted by molar-refractivity contribution is -0.384. The molecule has 0 atom stereocenters. The van der Waals surface area contributed by atoms with Crippen molar-refractivity contribution < 1.29 is 18.8 Å². The molecule has 0 N–H and O–H groups in total. The van der Waals surface area contributed by atoms with E-state index in [1.165, 1.54) is 0 Å². The fourth-order valence-corrected chi connectivity index (χ4v) is 1.34. The number of nitro benzene ring substituents is 1. The molecule has 0 aliphatic carbocycles. The minimum Gasteiger partial charge on any atom is -0.469 e. The maximum Gasteiger partial charge on any atom is 0.310 e. The fraction of sp³-hybridized carbons (Fsp3) is 0.222. The number of nitro groups is 1. The van der Waals surface area contributed by atoms with Crippen LogP contribution in [0.1, 0.15) is 5.56 Å². The summed E-state index contributed by atoms with van der Waals surface area (Å²) in [6.45, 7) is 0. The smallest absolute Gasteiger partial charge is 0.310 e. The number of methoxy groups -OCH3 is 1. The molecule has 0 amide bonds. The molecule has 16 heavy (non-hydrogen) atoms. The molecule has 0 fully saturated rings. The number of nitrogens with zero attached hydrogens (tertiary/aromatic N) is 1. The highest BCUT2D eigenvalue weighted by atomic mass is 35.5. The molecular formula is C9H7ClFNO4. The van der Waals surface area contributed by atoms with Crippen LogP contribution < -0.4 is 0 Å². The predicted octanol–water partition coefficient (Wildman–Crippen LogP) is 2.10. The Morgan fingerprint density at radius 2 is 2.25 bits per heavy atom. The van der Waals surface area contributed by atoms with E-state index in [4.69, 9.17) is 11.6 Å². The molecule has 0 radical (unpaired) electrons. The van der Waals surface area contributed by atoms with Gasteiger partial charge >= 0.3 is 5.97 Å². The minimum atomic E-state index is -0.971. The van der Waals surface area contributed by atoms with E-state index in [1.54, 1.807) is 0 Å². The first-order valence-corrected chi connectivity index (χ1v) is 4.53. The largest absolute Gasteiger partial charge is 0.469 e. The molecule has 5 nitrogen and oxygen atoms in total. The quantitative estimate of drug-likeness (QED) is 0.466. The average Bonchev–Trinajstić information content (AvgIpc) is 2.24. The molecule has 0 aliphatic rings. The molecule has 1 aromatic carbocycles. The molecule has 1 rings (SSSR count). The Balaban J connectivity index is 3.12. The molecule has 0 saturated carbocycles. The van der Waals surface area contributed by atoms with E-state index >= 15 is 0 Å². The molecule has 7 heteroatoms. The van der Waals surface area contributed by atoms with Crippen LogP contribution in [0.25, 0.3) is 0 Å². The summed E-state index contributed by atoms with van der Waals surface area (Å²) in [5.41, 5.74) is -0.574. The first-order chi connectivity index (χ1) is 7.47. The predicted molar refractivity (Wildman–Crippen MR) is 53.8 cm³/mol. The second-order valence-corrected chi connectivity index (χ2v) is 3.26. The van der Waals surface area contributed by atoms with E-state index in [-0.39, 0.29) is 12.0 Å². The number of hydrogen-bond donors (Lipinski definition) is 0. The number of carbonyl (C=O) groups is 1. The molecular weight excluding hydrogens is 241 g/mol. The fourth-order valence-electron chi connectivity index (χ4n) is 1.08. The van der Waals surface area contributed by atoms with Gasteiger partial charge in [0.25, 0.3) is 5.69 Å². The zero-order valence-electron chi connectivity index (χ0n) is 8.20. The maximum absolute atomic E-state index is 13.5. The number of carbonyl (C=O) groups excluding carboxylic acids is 1. The molecule has 1 aromatic rings. The summed E-state index contributed by atoms with van der Waals surface area (Å²) in [4.78, 5) is 20.5. The third kappa shape index (κ3) is 2.46. The lowest BCUT2D eigenvalue weighted by Gasteiger charge is -2.03. The monoisotopic (exact) mass is 247 g/mol. The van der Waals surface area contributed by atoms with Gasteiger partial charge < -0.3 is 4.74 Å². The Kier molecular flexibility index (Phi) is 3.78. The number of esters is 1. The van der Waals surface area contributed by atoms with Crippen molar-refractivity contribution >= 4 is 23.3 Å². The number of benzene rings is 1. The van der Waals surface area contributed by atoms with Gasteiger partial charge in [0.1, 0.15) is 0 Å². The van der Waals surface area contributed by atoms with Crippen LogP contribution in [0.15, 0.2) is 12.1 Å². The molecule has 0 aromatic heterocycles. The van der Waals surface area contributed by atoms with Crippen molar-refractivity contribution in [2.24, 2.45) is 0 Å². The topological polar surface area (TPSA) is 69.4 Å². The SMILES string of the molecule is COC(=O)Cc1ccc([N+](=O)[O-])c(Cl)c1F. The second-order valence-electron chi connectivity index (χ2n) is 2.88. The Morgan fingerprint density at radius 3 is 2.75 bits per heavy atom. The molecule has 0 spiro atoms. The van der Waals surface area contributed by atoms with Crippen LogP contribution in [-0.2, 0) is 16.0 Å². The van der Waals surface area contributed by atoms with E-state index in [1.807, 2.05) is 0 Å². The van der Waals surface area contributed by atoms with Crippen LogP contribution in [0.3, 0.4) is 0 Å². The van der Waals surface area contributed by atoms with E-state index in [0.717, 1.165) is 19.2 Å². The summed E-state index contributed by atoms with van der Waals surface area (Å²) in [5, 5.41) is 9.82. The summed E-state index contributed by atoms with van der Waals surface area (Å²) >= 11 is 5.45. The van der Waals surface area contributed by atoms with Crippen molar-refractivity contribution in [3.63, 3.8) is 0 Å². The zero-order chi connectivity index (χ0) is 12.3. The standard InChI is InChI=1S/C9H7ClFNO4/c1-16-7(13)4-5-2-3-6(12(14)15)8(10)9(5)11/h2-3H,4H2,1H3. The van der Waals surface area contributed by atoms with Gasteiger partial charge in [-0.25, -0.2) is 4.39 Å². The van der Waals surface area contributed by atoms with Crippen molar-refractivity contribution in [2.45, 2.75) is 6.42 Å². The van der Waals surface area contributed by atoms with Crippen molar-refractivity contribution in [1.29, 1.82) is 0 Å². The number of hydrogen-bond acceptors (Lipinski definition) is 4. The van der Waals surface area contributed by atoms with Gasteiger partial charge in [0.15, 0.2) is 10.8 Å². The normalized spacial score (nSPS) is 9.94. The molecule has 0 heterocycles. The van der Waals surface area contributed by atoms with Gasteiger partial charge in [-0.15, -0.1) is 0 Å². The van der Waals surface area contributed by atoms with Crippen LogP contribution in [0.4, 0.5) is 10.1 Å². The lowest BCUT2D eigenvalue weighted by atomic mass is 10.1. The van der Waals surface area contributed by atoms with Crippen LogP contribution in [0.2, 0.25) is 5.02 Å². The van der Waals surface area contributed by atoms with Gasteiger partial charge in [-0.2, -0.15) is 0 Å². The first-order valence-electron chi connectivity index (χ1n) is 4.15. The minimum absolute atomic E-state index is 0.0394. The van der Waals surface area contributed by atoms with Gasteiger partial charge in [0.2, 0.25) is 0 Å². The third-order valence-electron chi connectivity index (χ3n) is 1.90. The Morgan fingerprint density at radius 1 is 1.62 bits per heavy atom. The molecule has 0 aliphatic heterocycles. The van der Waals surface area contributed by atoms with Crippen molar-refractivity contribution in [3.05, 3.63) is 38.7 Å². The Bertz CT molecular complexity index is 449. The van der Waals surface area contributed by atoms with E-state index < -0.39 is 27.4 Å². The van der Waals surface area contributed by atoms with Crippen LogP contribution in [0.5, 0.6) is 0 Å². The average molecular weight is 248 g/mol. The number of rotatable bonds is 3. The van der Waals surface area contributed by atoms with Gasteiger partial charge in [-0.05, 0) is 6.07 Å². The molecule has 86 valence electrons. The lowest BCUT2D eigenvalue weighted by Crippen LogP contribution is -2.07. The van der Waals surface area contributed by atoms with Crippen LogP contribution in [-0.4, -0.2) is 18.0 Å². The zero-order valence-corrected chi connectivity index (χ0v) is 8.95. The van der Waals surface area contributed by atoms with Crippen LogP contribution >= 0.6 is 11.6 Å². The molecule has 0 unspecified atom stereocenters. The summed E-state index contributed by atoms with van der Waals surface area (Å²) < 4.78 is 17.8. The summed E-state index contributed by atoms with van der Waals surface area (Å²) in [5.74, 6) is -1.62. The summed E-state index contributed by atoms with van der Waals surface area (Å²) in [6, 6.07) is 2.18. The highest BCUT2D eigenvalue weighted by molar-refractivity contribution is 6.32. The molecule has 0 bridgehead atoms. The Labute approximate surface area is 94.9 Å². The van der Waals surface area contributed by atoms with Gasteiger partial charge in [0, 0.05) is 11.6 Å². The van der Waals surface area contributed by atoms with E-state index in [2.05, 4.69) is 4.74 Å². The summed E-state index contributed by atoms with van der Waals surface area (Å²) in [7, 11) is 1.16. The molecule has 0 saturated heterocycles. The first kappa shape index (κ1) is 12.4. The Hall–Kier alpha value is -1.69. The van der Waals surface area contributed by atoms with Gasteiger partial charge in [0.05, 0.1) is 18.5 Å². The highest BCUT2D eigenvalue weighted by Crippen LogP contribution is 2.29. The summed E-state index contributed by atoms with van der Waals surface area (Å²) in [6.07, 6.45) is -0.319. The second kappa shape index (κ2) is 4.89. The van der Waals surface area contributed by atoms with Crippen LogP contribution in [0, 0.1) is 15.9 Å².